The van der Waals surface area contributed by atoms with Crippen molar-refractivity contribution >= 4 is 0 Å². The lowest BCUT2D eigenvalue weighted by molar-refractivity contribution is 0.413. The minimum absolute atomic E-state index is 0.501. The molecule has 0 saturated heterocycles. The van der Waals surface area contributed by atoms with Gasteiger partial charge in [0.2, 0.25) is 5.76 Å². The van der Waals surface area contributed by atoms with Gasteiger partial charge in [0, 0.05) is 19.2 Å². The number of hydrogen-bond acceptors (Lipinski definition) is 3. The Labute approximate surface area is 81.8 Å². The van der Waals surface area contributed by atoms with Gasteiger partial charge in [-0.15, -0.1) is 0 Å². The van der Waals surface area contributed by atoms with Gasteiger partial charge in [0.15, 0.2) is 0 Å². The van der Waals surface area contributed by atoms with Crippen molar-refractivity contribution in [2.75, 3.05) is 0 Å². The fraction of sp³-hybridized carbons (Fsp3) is 0. The van der Waals surface area contributed by atoms with Crippen LogP contribution < -0.4 is 0 Å². The van der Waals surface area contributed by atoms with Crippen LogP contribution >= 0.6 is 0 Å². The molecule has 67 valence electrons. The van der Waals surface area contributed by atoms with Crippen LogP contribution in [-0.2, 0) is 0 Å². The molecule has 0 fully saturated rings. The second-order valence-electron chi connectivity index (χ2n) is 2.59. The smallest absolute Gasteiger partial charge is 0.210 e. The van der Waals surface area contributed by atoms with Gasteiger partial charge in [-0.05, 0) is 18.1 Å². The average Bonchev–Trinajstić information content (AvgIpc) is 2.68. The van der Waals surface area contributed by atoms with Crippen molar-refractivity contribution in [2.24, 2.45) is 0 Å². The second kappa shape index (κ2) is 3.75. The van der Waals surface area contributed by atoms with E-state index in [0.29, 0.717) is 11.5 Å². The van der Waals surface area contributed by atoms with Gasteiger partial charge in [-0.25, -0.2) is 0 Å². The van der Waals surface area contributed by atoms with Gasteiger partial charge in [-0.1, -0.05) is 17.1 Å². The predicted molar refractivity (Wildman–Crippen MR) is 52.0 cm³/mol. The lowest BCUT2D eigenvalue weighted by Gasteiger charge is -1.89. The molecule has 0 N–H and O–H groups in total. The van der Waals surface area contributed by atoms with E-state index in [1.165, 1.54) is 0 Å². The minimum Gasteiger partial charge on any atom is -0.347 e. The summed E-state index contributed by atoms with van der Waals surface area (Å²) in [5.74, 6) is 5.67. The fourth-order valence-corrected chi connectivity index (χ4v) is 1.06. The van der Waals surface area contributed by atoms with E-state index < -0.39 is 0 Å². The first kappa shape index (κ1) is 8.52. The molecule has 0 amide bonds. The summed E-state index contributed by atoms with van der Waals surface area (Å²) in [5.41, 5.74) is 1.46. The Kier molecular flexibility index (Phi) is 2.28. The molecule has 2 heterocycles. The molecule has 0 saturated carbocycles. The molecule has 2 rings (SSSR count). The van der Waals surface area contributed by atoms with Crippen LogP contribution in [-0.4, -0.2) is 10.1 Å². The highest BCUT2D eigenvalue weighted by molar-refractivity contribution is 5.54. The van der Waals surface area contributed by atoms with Crippen molar-refractivity contribution in [3.63, 3.8) is 0 Å². The summed E-state index contributed by atoms with van der Waals surface area (Å²) < 4.78 is 4.96. The zero-order chi connectivity index (χ0) is 9.80. The van der Waals surface area contributed by atoms with E-state index >= 15 is 0 Å². The van der Waals surface area contributed by atoms with E-state index in [4.69, 9.17) is 4.52 Å². The minimum atomic E-state index is 0.501. The number of rotatable bonds is 1. The molecule has 0 aromatic carbocycles. The zero-order valence-corrected chi connectivity index (χ0v) is 7.40. The van der Waals surface area contributed by atoms with E-state index in [2.05, 4.69) is 28.9 Å². The molecule has 0 aliphatic carbocycles. The van der Waals surface area contributed by atoms with Crippen LogP contribution in [0.3, 0.4) is 0 Å². The van der Waals surface area contributed by atoms with E-state index in [1.807, 2.05) is 18.2 Å². The molecule has 3 heteroatoms. The zero-order valence-electron chi connectivity index (χ0n) is 7.40. The molecule has 0 aliphatic heterocycles. The Balaban J connectivity index is 2.37. The maximum atomic E-state index is 4.96. The van der Waals surface area contributed by atoms with E-state index in [9.17, 15) is 0 Å². The maximum Gasteiger partial charge on any atom is 0.210 e. The molecular formula is C11H7N2O. The first-order valence-corrected chi connectivity index (χ1v) is 4.06. The Morgan fingerprint density at radius 1 is 1.29 bits per heavy atom. The molecule has 2 aromatic heterocycles. The lowest BCUT2D eigenvalue weighted by atomic mass is 10.2. The van der Waals surface area contributed by atoms with Gasteiger partial charge < -0.3 is 4.52 Å². The van der Waals surface area contributed by atoms with Gasteiger partial charge in [0.1, 0.15) is 5.69 Å². The van der Waals surface area contributed by atoms with Crippen molar-refractivity contribution in [2.45, 2.75) is 0 Å². The van der Waals surface area contributed by atoms with Crippen LogP contribution in [0.15, 0.2) is 35.0 Å². The predicted octanol–water partition coefficient (Wildman–Crippen LogP) is 1.92. The Morgan fingerprint density at radius 2 is 2.21 bits per heavy atom. The molecule has 0 spiro atoms. The van der Waals surface area contributed by atoms with Crippen molar-refractivity contribution in [1.82, 2.24) is 10.1 Å². The fourth-order valence-electron chi connectivity index (χ4n) is 1.06. The molecule has 0 atom stereocenters. The lowest BCUT2D eigenvalue weighted by Crippen LogP contribution is -1.79. The van der Waals surface area contributed by atoms with Crippen LogP contribution in [0, 0.1) is 18.8 Å². The molecule has 0 unspecified atom stereocenters. The summed E-state index contributed by atoms with van der Waals surface area (Å²) in [6, 6.07) is 7.34. The first-order chi connectivity index (χ1) is 6.90. The summed E-state index contributed by atoms with van der Waals surface area (Å²) >= 11 is 0. The normalized spacial score (nSPS) is 9.21. The van der Waals surface area contributed by atoms with Gasteiger partial charge in [0.05, 0.1) is 5.69 Å². The summed E-state index contributed by atoms with van der Waals surface area (Å²) in [6.45, 7) is 3.40. The molecule has 3 nitrogen and oxygen atoms in total. The Hall–Kier alpha value is -2.08. The van der Waals surface area contributed by atoms with Crippen LogP contribution in [0.2, 0.25) is 0 Å². The third-order valence-electron chi connectivity index (χ3n) is 1.65. The monoisotopic (exact) mass is 183 g/mol. The highest BCUT2D eigenvalue weighted by Gasteiger charge is 2.04. The van der Waals surface area contributed by atoms with Crippen molar-refractivity contribution in [1.29, 1.82) is 0 Å². The van der Waals surface area contributed by atoms with Crippen LogP contribution in [0.25, 0.3) is 11.4 Å². The quantitative estimate of drug-likeness (QED) is 0.634. The highest BCUT2D eigenvalue weighted by atomic mass is 16.5. The number of hydrogen-bond donors (Lipinski definition) is 0. The third-order valence-corrected chi connectivity index (χ3v) is 1.65. The van der Waals surface area contributed by atoms with Gasteiger partial charge in [0.25, 0.3) is 0 Å². The average molecular weight is 183 g/mol. The van der Waals surface area contributed by atoms with Gasteiger partial charge >= 0.3 is 0 Å². The van der Waals surface area contributed by atoms with Gasteiger partial charge in [-0.3, -0.25) is 4.98 Å². The summed E-state index contributed by atoms with van der Waals surface area (Å²) in [4.78, 5) is 4.14. The number of aromatic nitrogens is 2. The standard InChI is InChI=1S/C11H7N2O/c1-2-5-9-8-11(13-14-9)10-6-3-4-7-12-10/h3-4,6-8H,1H2. The maximum absolute atomic E-state index is 4.96. The highest BCUT2D eigenvalue weighted by Crippen LogP contribution is 2.15. The SMILES string of the molecule is [CH2]C#Cc1cc(-c2ccccn2)no1. The first-order valence-electron chi connectivity index (χ1n) is 4.06. The number of nitrogens with zero attached hydrogens (tertiary/aromatic N) is 2. The summed E-state index contributed by atoms with van der Waals surface area (Å²) in [7, 11) is 0. The molecule has 1 radical (unpaired) electrons. The molecule has 0 bridgehead atoms. The van der Waals surface area contributed by atoms with Gasteiger partial charge in [-0.2, -0.15) is 0 Å². The molecule has 14 heavy (non-hydrogen) atoms. The Bertz CT molecular complexity index is 477. The topological polar surface area (TPSA) is 38.9 Å². The van der Waals surface area contributed by atoms with E-state index in [1.54, 1.807) is 12.3 Å². The van der Waals surface area contributed by atoms with Crippen LogP contribution in [0.4, 0.5) is 0 Å². The largest absolute Gasteiger partial charge is 0.347 e. The van der Waals surface area contributed by atoms with Crippen molar-refractivity contribution in [3.05, 3.63) is 43.1 Å². The second-order valence-corrected chi connectivity index (χ2v) is 2.59. The summed E-state index contributed by atoms with van der Waals surface area (Å²) in [6.07, 6.45) is 1.71. The van der Waals surface area contributed by atoms with Crippen LogP contribution in [0.1, 0.15) is 5.76 Å². The number of pyridine rings is 1. The molecule has 2 aromatic rings. The van der Waals surface area contributed by atoms with Crippen molar-refractivity contribution in [3.8, 4) is 23.2 Å². The molecular weight excluding hydrogens is 176 g/mol. The van der Waals surface area contributed by atoms with E-state index in [-0.39, 0.29) is 0 Å². The Morgan fingerprint density at radius 3 is 2.93 bits per heavy atom. The third kappa shape index (κ3) is 1.64. The molecule has 0 aliphatic rings. The van der Waals surface area contributed by atoms with E-state index in [0.717, 1.165) is 5.69 Å². The van der Waals surface area contributed by atoms with Crippen LogP contribution in [0.5, 0.6) is 0 Å². The summed E-state index contributed by atoms with van der Waals surface area (Å²) in [5, 5.41) is 3.84. The van der Waals surface area contributed by atoms with Crippen molar-refractivity contribution < 1.29 is 4.52 Å².